The fourth-order valence-electron chi connectivity index (χ4n) is 2.60. The molecule has 2 aromatic carbocycles. The third-order valence-electron chi connectivity index (χ3n) is 3.98. The predicted molar refractivity (Wildman–Crippen MR) is 107 cm³/mol. The summed E-state index contributed by atoms with van der Waals surface area (Å²) in [5.41, 5.74) is 1.70. The fourth-order valence-corrected chi connectivity index (χ4v) is 3.25. The average molecular weight is 391 g/mol. The summed E-state index contributed by atoms with van der Waals surface area (Å²) in [6.07, 6.45) is 0. The number of rotatable bonds is 7. The third-order valence-corrected chi connectivity index (χ3v) is 4.84. The van der Waals surface area contributed by atoms with Crippen LogP contribution in [0.2, 0.25) is 0 Å². The van der Waals surface area contributed by atoms with Crippen LogP contribution in [0.1, 0.15) is 5.56 Å². The Bertz CT molecular complexity index is 1050. The minimum Gasteiger partial charge on any atom is -0.483 e. The van der Waals surface area contributed by atoms with Crippen LogP contribution in [0.15, 0.2) is 76.6 Å². The molecule has 0 saturated heterocycles. The van der Waals surface area contributed by atoms with Gasteiger partial charge in [0.05, 0.1) is 10.4 Å². The van der Waals surface area contributed by atoms with Crippen LogP contribution in [0.5, 0.6) is 5.75 Å². The summed E-state index contributed by atoms with van der Waals surface area (Å²) in [4.78, 5) is 17.5. The Morgan fingerprint density at radius 2 is 1.86 bits per heavy atom. The van der Waals surface area contributed by atoms with Crippen molar-refractivity contribution in [3.63, 3.8) is 0 Å². The SMILES string of the molecule is O=C(COc1ccccc1-c1noc(-c2cccs2)n1)NCc1ccccc1. The summed E-state index contributed by atoms with van der Waals surface area (Å²) < 4.78 is 11.1. The summed E-state index contributed by atoms with van der Waals surface area (Å²) in [5.74, 6) is 1.20. The number of nitrogens with one attached hydrogen (secondary N) is 1. The van der Waals surface area contributed by atoms with E-state index in [0.717, 1.165) is 10.4 Å². The van der Waals surface area contributed by atoms with E-state index in [-0.39, 0.29) is 12.5 Å². The average Bonchev–Trinajstić information content (AvgIpc) is 3.43. The molecule has 2 heterocycles. The van der Waals surface area contributed by atoms with Gasteiger partial charge in [-0.2, -0.15) is 4.98 Å². The predicted octanol–water partition coefficient (Wildman–Crippen LogP) is 4.16. The van der Waals surface area contributed by atoms with Crippen molar-refractivity contribution in [2.75, 3.05) is 6.61 Å². The molecule has 0 unspecified atom stereocenters. The lowest BCUT2D eigenvalue weighted by atomic mass is 10.2. The Kier molecular flexibility index (Phi) is 5.44. The molecule has 0 saturated carbocycles. The van der Waals surface area contributed by atoms with Crippen LogP contribution in [0, 0.1) is 0 Å². The second-order valence-electron chi connectivity index (χ2n) is 5.95. The fraction of sp³-hybridized carbons (Fsp3) is 0.0952. The highest BCUT2D eigenvalue weighted by Gasteiger charge is 2.15. The zero-order valence-corrected chi connectivity index (χ0v) is 15.7. The largest absolute Gasteiger partial charge is 0.483 e. The van der Waals surface area contributed by atoms with Crippen molar-refractivity contribution < 1.29 is 14.1 Å². The van der Waals surface area contributed by atoms with E-state index in [9.17, 15) is 4.79 Å². The van der Waals surface area contributed by atoms with Gasteiger partial charge in [-0.3, -0.25) is 4.79 Å². The zero-order valence-electron chi connectivity index (χ0n) is 14.9. The molecule has 0 radical (unpaired) electrons. The Morgan fingerprint density at radius 1 is 1.04 bits per heavy atom. The van der Waals surface area contributed by atoms with E-state index >= 15 is 0 Å². The van der Waals surface area contributed by atoms with Gasteiger partial charge in [0.15, 0.2) is 6.61 Å². The minimum absolute atomic E-state index is 0.0977. The number of thiophene rings is 1. The number of aromatic nitrogens is 2. The van der Waals surface area contributed by atoms with E-state index in [0.29, 0.717) is 29.6 Å². The van der Waals surface area contributed by atoms with Gasteiger partial charge in [-0.25, -0.2) is 0 Å². The highest BCUT2D eigenvalue weighted by atomic mass is 32.1. The number of carbonyl (C=O) groups excluding carboxylic acids is 1. The highest BCUT2D eigenvalue weighted by molar-refractivity contribution is 7.13. The molecule has 0 fully saturated rings. The molecule has 0 aliphatic heterocycles. The monoisotopic (exact) mass is 391 g/mol. The number of amides is 1. The van der Waals surface area contributed by atoms with Gasteiger partial charge in [0.1, 0.15) is 5.75 Å². The summed E-state index contributed by atoms with van der Waals surface area (Å²) in [6, 6.07) is 20.9. The summed E-state index contributed by atoms with van der Waals surface area (Å²) in [6.45, 7) is 0.360. The van der Waals surface area contributed by atoms with Gasteiger partial charge in [0.2, 0.25) is 5.82 Å². The third kappa shape index (κ3) is 4.27. The number of benzene rings is 2. The van der Waals surface area contributed by atoms with Gasteiger partial charge in [-0.1, -0.05) is 53.7 Å². The Balaban J connectivity index is 1.41. The van der Waals surface area contributed by atoms with E-state index in [1.165, 1.54) is 11.3 Å². The van der Waals surface area contributed by atoms with Crippen molar-refractivity contribution in [1.29, 1.82) is 0 Å². The van der Waals surface area contributed by atoms with Crippen molar-refractivity contribution in [2.45, 2.75) is 6.54 Å². The molecular weight excluding hydrogens is 374 g/mol. The second kappa shape index (κ2) is 8.49. The van der Waals surface area contributed by atoms with Crippen molar-refractivity contribution >= 4 is 17.2 Å². The smallest absolute Gasteiger partial charge is 0.268 e. The molecule has 0 spiro atoms. The van der Waals surface area contributed by atoms with Crippen LogP contribution in [-0.2, 0) is 11.3 Å². The number of ether oxygens (including phenoxy) is 1. The first kappa shape index (κ1) is 17.9. The molecule has 0 atom stereocenters. The molecule has 0 bridgehead atoms. The molecule has 1 amide bonds. The van der Waals surface area contributed by atoms with E-state index in [1.54, 1.807) is 6.07 Å². The van der Waals surface area contributed by atoms with Gasteiger partial charge in [0.25, 0.3) is 11.8 Å². The Hall–Kier alpha value is -3.45. The Labute approximate surface area is 165 Å². The Morgan fingerprint density at radius 3 is 2.68 bits per heavy atom. The summed E-state index contributed by atoms with van der Waals surface area (Å²) in [5, 5.41) is 8.83. The number of hydrogen-bond donors (Lipinski definition) is 1. The maximum Gasteiger partial charge on any atom is 0.268 e. The van der Waals surface area contributed by atoms with Gasteiger partial charge in [-0.15, -0.1) is 11.3 Å². The van der Waals surface area contributed by atoms with E-state index < -0.39 is 0 Å². The topological polar surface area (TPSA) is 77.2 Å². The number of hydrogen-bond acceptors (Lipinski definition) is 6. The maximum absolute atomic E-state index is 12.1. The zero-order chi connectivity index (χ0) is 19.2. The lowest BCUT2D eigenvalue weighted by Gasteiger charge is -2.10. The minimum atomic E-state index is -0.203. The molecule has 140 valence electrons. The van der Waals surface area contributed by atoms with Crippen LogP contribution in [0.25, 0.3) is 22.2 Å². The molecule has 28 heavy (non-hydrogen) atoms. The molecule has 2 aromatic heterocycles. The standard InChI is InChI=1S/C21H17N3O3S/c25-19(22-13-15-7-2-1-3-8-15)14-26-17-10-5-4-9-16(17)20-23-21(27-24-20)18-11-6-12-28-18/h1-12H,13-14H2,(H,22,25). The van der Waals surface area contributed by atoms with Crippen molar-refractivity contribution in [3.8, 4) is 27.9 Å². The van der Waals surface area contributed by atoms with Gasteiger partial charge in [-0.05, 0) is 29.1 Å². The number of carbonyl (C=O) groups is 1. The first-order chi connectivity index (χ1) is 13.8. The molecule has 0 aliphatic rings. The van der Waals surface area contributed by atoms with E-state index in [4.69, 9.17) is 9.26 Å². The molecule has 1 N–H and O–H groups in total. The molecule has 0 aliphatic carbocycles. The quantitative estimate of drug-likeness (QED) is 0.512. The van der Waals surface area contributed by atoms with Crippen molar-refractivity contribution in [1.82, 2.24) is 15.5 Å². The second-order valence-corrected chi connectivity index (χ2v) is 6.90. The van der Waals surface area contributed by atoms with Crippen LogP contribution >= 0.6 is 11.3 Å². The van der Waals surface area contributed by atoms with Crippen molar-refractivity contribution in [3.05, 3.63) is 77.7 Å². The van der Waals surface area contributed by atoms with E-state index in [1.807, 2.05) is 66.0 Å². The van der Waals surface area contributed by atoms with Crippen LogP contribution in [0.3, 0.4) is 0 Å². The lowest BCUT2D eigenvalue weighted by Crippen LogP contribution is -2.28. The van der Waals surface area contributed by atoms with Gasteiger partial charge >= 0.3 is 0 Å². The molecule has 6 nitrogen and oxygen atoms in total. The highest BCUT2D eigenvalue weighted by Crippen LogP contribution is 2.30. The van der Waals surface area contributed by atoms with Crippen LogP contribution in [-0.4, -0.2) is 22.7 Å². The van der Waals surface area contributed by atoms with Gasteiger partial charge < -0.3 is 14.6 Å². The lowest BCUT2D eigenvalue weighted by molar-refractivity contribution is -0.123. The molecule has 7 heteroatoms. The number of para-hydroxylation sites is 1. The molecule has 4 rings (SSSR count). The van der Waals surface area contributed by atoms with E-state index in [2.05, 4.69) is 15.5 Å². The normalized spacial score (nSPS) is 10.6. The summed E-state index contributed by atoms with van der Waals surface area (Å²) in [7, 11) is 0. The number of nitrogens with zero attached hydrogens (tertiary/aromatic N) is 2. The maximum atomic E-state index is 12.1. The summed E-state index contributed by atoms with van der Waals surface area (Å²) >= 11 is 1.53. The first-order valence-electron chi connectivity index (χ1n) is 8.70. The molecule has 4 aromatic rings. The van der Waals surface area contributed by atoms with Crippen molar-refractivity contribution in [2.24, 2.45) is 0 Å². The molecular formula is C21H17N3O3S. The first-order valence-corrected chi connectivity index (χ1v) is 9.58. The van der Waals surface area contributed by atoms with Crippen LogP contribution in [0.4, 0.5) is 0 Å². The van der Waals surface area contributed by atoms with Crippen LogP contribution < -0.4 is 10.1 Å². The van der Waals surface area contributed by atoms with Gasteiger partial charge in [0, 0.05) is 6.54 Å².